The summed E-state index contributed by atoms with van der Waals surface area (Å²) < 4.78 is 0. The zero-order valence-corrected chi connectivity index (χ0v) is 15.4. The van der Waals surface area contributed by atoms with E-state index in [1.807, 2.05) is 50.2 Å². The van der Waals surface area contributed by atoms with Gasteiger partial charge in [-0.3, -0.25) is 9.69 Å². The van der Waals surface area contributed by atoms with E-state index >= 15 is 0 Å². The van der Waals surface area contributed by atoms with Crippen LogP contribution < -0.4 is 10.6 Å². The van der Waals surface area contributed by atoms with Gasteiger partial charge in [-0.05, 0) is 42.7 Å². The molecule has 0 spiro atoms. The Hall–Kier alpha value is -1.88. The quantitative estimate of drug-likeness (QED) is 0.879. The lowest BCUT2D eigenvalue weighted by molar-refractivity contribution is -0.118. The Balaban J connectivity index is 1.72. The number of anilines is 1. The molecule has 0 aromatic heterocycles. The van der Waals surface area contributed by atoms with Gasteiger partial charge >= 0.3 is 0 Å². The number of hydrogen-bond acceptors (Lipinski definition) is 3. The Bertz CT molecular complexity index is 742. The molecular weight excluding hydrogens is 334 g/mol. The van der Waals surface area contributed by atoms with E-state index < -0.39 is 0 Å². The van der Waals surface area contributed by atoms with Crippen molar-refractivity contribution < 1.29 is 4.79 Å². The summed E-state index contributed by atoms with van der Waals surface area (Å²) in [6.45, 7) is 6.93. The first-order valence-corrected chi connectivity index (χ1v) is 8.98. The minimum Gasteiger partial charge on any atom is -0.324 e. The largest absolute Gasteiger partial charge is 0.324 e. The summed E-state index contributed by atoms with van der Waals surface area (Å²) in [5.41, 5.74) is 4.22. The highest BCUT2D eigenvalue weighted by atomic mass is 35.5. The third-order valence-corrected chi connectivity index (χ3v) is 4.92. The molecule has 0 bridgehead atoms. The second kappa shape index (κ2) is 8.00. The van der Waals surface area contributed by atoms with Crippen LogP contribution in [0.3, 0.4) is 0 Å². The lowest BCUT2D eigenvalue weighted by Crippen LogP contribution is -2.48. The summed E-state index contributed by atoms with van der Waals surface area (Å²) in [5.74, 6) is 0.0197. The van der Waals surface area contributed by atoms with Crippen LogP contribution in [0.15, 0.2) is 42.5 Å². The lowest BCUT2D eigenvalue weighted by Gasteiger charge is -2.36. The highest BCUT2D eigenvalue weighted by molar-refractivity contribution is 6.30. The number of hydrogen-bond donors (Lipinski definition) is 2. The molecule has 25 heavy (non-hydrogen) atoms. The van der Waals surface area contributed by atoms with E-state index in [1.54, 1.807) is 0 Å². The van der Waals surface area contributed by atoms with Crippen molar-refractivity contribution in [3.05, 3.63) is 64.2 Å². The number of carbonyl (C=O) groups is 1. The van der Waals surface area contributed by atoms with Gasteiger partial charge < -0.3 is 10.6 Å². The molecule has 1 heterocycles. The van der Waals surface area contributed by atoms with Crippen molar-refractivity contribution in [3.63, 3.8) is 0 Å². The molecule has 1 aliphatic heterocycles. The zero-order valence-electron chi connectivity index (χ0n) is 14.7. The van der Waals surface area contributed by atoms with Gasteiger partial charge in [-0.1, -0.05) is 41.9 Å². The Kier molecular flexibility index (Phi) is 5.74. The topological polar surface area (TPSA) is 44.4 Å². The summed E-state index contributed by atoms with van der Waals surface area (Å²) in [6, 6.07) is 14.1. The fourth-order valence-corrected chi connectivity index (χ4v) is 3.55. The molecule has 0 aliphatic carbocycles. The molecule has 2 N–H and O–H groups in total. The van der Waals surface area contributed by atoms with Gasteiger partial charge in [-0.15, -0.1) is 0 Å². The Morgan fingerprint density at radius 2 is 1.96 bits per heavy atom. The second-order valence-electron chi connectivity index (χ2n) is 6.56. The zero-order chi connectivity index (χ0) is 17.8. The monoisotopic (exact) mass is 357 g/mol. The first-order valence-electron chi connectivity index (χ1n) is 8.61. The predicted molar refractivity (Wildman–Crippen MR) is 103 cm³/mol. The summed E-state index contributed by atoms with van der Waals surface area (Å²) >= 11 is 6.14. The van der Waals surface area contributed by atoms with Gasteiger partial charge in [0, 0.05) is 36.4 Å². The summed E-state index contributed by atoms with van der Waals surface area (Å²) in [6.07, 6.45) is 0. The molecule has 1 fully saturated rings. The number of para-hydroxylation sites is 1. The fraction of sp³-hybridized carbons (Fsp3) is 0.350. The van der Waals surface area contributed by atoms with E-state index in [0.29, 0.717) is 6.54 Å². The van der Waals surface area contributed by atoms with Gasteiger partial charge in [0.1, 0.15) is 0 Å². The molecule has 1 saturated heterocycles. The third-order valence-electron chi connectivity index (χ3n) is 4.68. The average molecular weight is 358 g/mol. The summed E-state index contributed by atoms with van der Waals surface area (Å²) in [4.78, 5) is 14.8. The number of halogens is 1. The summed E-state index contributed by atoms with van der Waals surface area (Å²) in [7, 11) is 0. The van der Waals surface area contributed by atoms with Crippen molar-refractivity contribution in [2.45, 2.75) is 19.9 Å². The molecule has 4 nitrogen and oxygen atoms in total. The minimum absolute atomic E-state index is 0.0197. The van der Waals surface area contributed by atoms with E-state index in [9.17, 15) is 4.79 Å². The number of benzene rings is 2. The molecule has 1 atom stereocenters. The molecule has 1 aliphatic rings. The number of nitrogens with zero attached hydrogens (tertiary/aromatic N) is 1. The molecule has 3 rings (SSSR count). The van der Waals surface area contributed by atoms with Crippen molar-refractivity contribution in [3.8, 4) is 0 Å². The molecule has 1 amide bonds. The van der Waals surface area contributed by atoms with Crippen LogP contribution in [0.1, 0.15) is 22.7 Å². The van der Waals surface area contributed by atoms with Gasteiger partial charge in [-0.2, -0.15) is 0 Å². The van der Waals surface area contributed by atoms with Crippen LogP contribution in [-0.4, -0.2) is 37.0 Å². The molecule has 132 valence electrons. The van der Waals surface area contributed by atoms with Crippen molar-refractivity contribution in [1.82, 2.24) is 10.2 Å². The maximum atomic E-state index is 12.6. The molecule has 2 aromatic carbocycles. The first-order chi connectivity index (χ1) is 12.0. The Morgan fingerprint density at radius 1 is 1.24 bits per heavy atom. The van der Waals surface area contributed by atoms with Crippen molar-refractivity contribution in [2.75, 3.05) is 31.5 Å². The van der Waals surface area contributed by atoms with Crippen LogP contribution in [-0.2, 0) is 4.79 Å². The van der Waals surface area contributed by atoms with Crippen LogP contribution in [0.2, 0.25) is 5.02 Å². The van der Waals surface area contributed by atoms with E-state index in [4.69, 9.17) is 11.6 Å². The number of rotatable bonds is 4. The van der Waals surface area contributed by atoms with E-state index in [2.05, 4.69) is 21.6 Å². The maximum Gasteiger partial charge on any atom is 0.238 e. The normalized spacial score (nSPS) is 18.1. The second-order valence-corrected chi connectivity index (χ2v) is 7.00. The van der Waals surface area contributed by atoms with Crippen LogP contribution >= 0.6 is 11.6 Å². The number of piperazine rings is 1. The minimum atomic E-state index is 0.0197. The number of amides is 1. The Labute approximate surface area is 154 Å². The van der Waals surface area contributed by atoms with E-state index in [0.717, 1.165) is 47.0 Å². The standard InChI is InChI=1S/C20H24ClN3O/c1-14-5-3-6-15(2)20(14)23-19(25)13-24-10-9-22-12-18(24)16-7-4-8-17(21)11-16/h3-8,11,18,22H,9-10,12-13H2,1-2H3,(H,23,25). The van der Waals surface area contributed by atoms with Gasteiger partial charge in [0.15, 0.2) is 0 Å². The van der Waals surface area contributed by atoms with Crippen molar-refractivity contribution >= 4 is 23.2 Å². The molecule has 5 heteroatoms. The fourth-order valence-electron chi connectivity index (χ4n) is 3.35. The number of carbonyl (C=O) groups excluding carboxylic acids is 1. The molecular formula is C20H24ClN3O. The van der Waals surface area contributed by atoms with Crippen LogP contribution in [0, 0.1) is 13.8 Å². The maximum absolute atomic E-state index is 12.6. The SMILES string of the molecule is Cc1cccc(C)c1NC(=O)CN1CCNCC1c1cccc(Cl)c1. The van der Waals surface area contributed by atoms with Crippen LogP contribution in [0.25, 0.3) is 0 Å². The molecule has 1 unspecified atom stereocenters. The third kappa shape index (κ3) is 4.40. The van der Waals surface area contributed by atoms with E-state index in [-0.39, 0.29) is 11.9 Å². The Morgan fingerprint density at radius 3 is 2.68 bits per heavy atom. The smallest absolute Gasteiger partial charge is 0.238 e. The number of nitrogens with one attached hydrogen (secondary N) is 2. The van der Waals surface area contributed by atoms with Gasteiger partial charge in [0.2, 0.25) is 5.91 Å². The lowest BCUT2D eigenvalue weighted by atomic mass is 10.0. The highest BCUT2D eigenvalue weighted by Crippen LogP contribution is 2.25. The van der Waals surface area contributed by atoms with Crippen LogP contribution in [0.4, 0.5) is 5.69 Å². The number of aryl methyl sites for hydroxylation is 2. The highest BCUT2D eigenvalue weighted by Gasteiger charge is 2.25. The van der Waals surface area contributed by atoms with Gasteiger partial charge in [-0.25, -0.2) is 0 Å². The van der Waals surface area contributed by atoms with Gasteiger partial charge in [0.05, 0.1) is 6.54 Å². The molecule has 0 saturated carbocycles. The molecule has 2 aromatic rings. The van der Waals surface area contributed by atoms with E-state index in [1.165, 1.54) is 0 Å². The average Bonchev–Trinajstić information content (AvgIpc) is 2.59. The van der Waals surface area contributed by atoms with Crippen molar-refractivity contribution in [1.29, 1.82) is 0 Å². The molecule has 0 radical (unpaired) electrons. The van der Waals surface area contributed by atoms with Crippen LogP contribution in [0.5, 0.6) is 0 Å². The first kappa shape index (κ1) is 17.9. The predicted octanol–water partition coefficient (Wildman–Crippen LogP) is 3.54. The summed E-state index contributed by atoms with van der Waals surface area (Å²) in [5, 5.41) is 7.21. The van der Waals surface area contributed by atoms with Gasteiger partial charge in [0.25, 0.3) is 0 Å². The van der Waals surface area contributed by atoms with Crippen molar-refractivity contribution in [2.24, 2.45) is 0 Å².